The average molecular weight is 336 g/mol. The minimum absolute atomic E-state index is 1.10. The van der Waals surface area contributed by atoms with Crippen LogP contribution in [0.15, 0.2) is 71.2 Å². The molecule has 0 aliphatic carbocycles. The van der Waals surface area contributed by atoms with E-state index in [2.05, 4.69) is 94.2 Å². The number of nitrogens with zero attached hydrogens (tertiary/aromatic N) is 1. The van der Waals surface area contributed by atoms with Crippen molar-refractivity contribution < 1.29 is 0 Å². The molecule has 0 aliphatic rings. The Balaban J connectivity index is 2.24. The molecule has 0 saturated heterocycles. The second-order valence-corrected chi connectivity index (χ2v) is 6.22. The lowest BCUT2D eigenvalue weighted by Gasteiger charge is -2.10. The van der Waals surface area contributed by atoms with E-state index < -0.39 is 0 Å². The van der Waals surface area contributed by atoms with E-state index in [-0.39, 0.29) is 0 Å². The molecule has 0 unspecified atom stereocenters. The van der Waals surface area contributed by atoms with Gasteiger partial charge in [0, 0.05) is 20.9 Å². The highest BCUT2D eigenvalue weighted by molar-refractivity contribution is 9.10. The van der Waals surface area contributed by atoms with E-state index in [1.807, 2.05) is 0 Å². The lowest BCUT2D eigenvalue weighted by atomic mass is 10.2. The maximum atomic E-state index is 3.60. The summed E-state index contributed by atoms with van der Waals surface area (Å²) in [5.41, 5.74) is 5.00. The minimum Gasteiger partial charge on any atom is -0.309 e. The molecule has 1 heterocycles. The van der Waals surface area contributed by atoms with E-state index in [1.165, 1.54) is 33.1 Å². The van der Waals surface area contributed by atoms with Crippen LogP contribution in [0.3, 0.4) is 0 Å². The molecular weight excluding hydrogens is 322 g/mol. The van der Waals surface area contributed by atoms with E-state index in [0.717, 1.165) is 4.47 Å². The quantitative estimate of drug-likeness (QED) is 0.411. The van der Waals surface area contributed by atoms with Gasteiger partial charge in [-0.25, -0.2) is 0 Å². The summed E-state index contributed by atoms with van der Waals surface area (Å²) in [4.78, 5) is 0. The van der Waals surface area contributed by atoms with E-state index in [9.17, 15) is 0 Å². The average Bonchev–Trinajstić information content (AvgIpc) is 2.81. The first-order valence-corrected chi connectivity index (χ1v) is 7.80. The molecule has 1 aromatic heterocycles. The molecule has 0 fully saturated rings. The smallest absolute Gasteiger partial charge is 0.0552 e. The van der Waals surface area contributed by atoms with Crippen molar-refractivity contribution in [1.82, 2.24) is 4.57 Å². The summed E-state index contributed by atoms with van der Waals surface area (Å²) in [6, 6.07) is 23.6. The molecule has 0 atom stereocenters. The zero-order chi connectivity index (χ0) is 14.4. The fraction of sp³-hybridized carbons (Fsp3) is 0.0526. The van der Waals surface area contributed by atoms with Crippen LogP contribution in [0.25, 0.3) is 27.5 Å². The zero-order valence-electron chi connectivity index (χ0n) is 11.7. The van der Waals surface area contributed by atoms with Gasteiger partial charge in [0.1, 0.15) is 0 Å². The van der Waals surface area contributed by atoms with Gasteiger partial charge in [-0.05, 0) is 36.8 Å². The van der Waals surface area contributed by atoms with Crippen LogP contribution in [-0.4, -0.2) is 4.57 Å². The van der Waals surface area contributed by atoms with Crippen molar-refractivity contribution in [2.24, 2.45) is 0 Å². The topological polar surface area (TPSA) is 4.93 Å². The van der Waals surface area contributed by atoms with Gasteiger partial charge in [0.2, 0.25) is 0 Å². The van der Waals surface area contributed by atoms with E-state index in [1.54, 1.807) is 0 Å². The Bertz CT molecular complexity index is 966. The maximum absolute atomic E-state index is 3.60. The highest BCUT2D eigenvalue weighted by atomic mass is 79.9. The number of hydrogen-bond acceptors (Lipinski definition) is 0. The third-order valence-electron chi connectivity index (χ3n) is 3.99. The van der Waals surface area contributed by atoms with Crippen molar-refractivity contribution >= 4 is 37.7 Å². The monoisotopic (exact) mass is 335 g/mol. The largest absolute Gasteiger partial charge is 0.309 e. The standard InChI is InChI=1S/C19H14BrN/c1-13-6-2-4-8-17(13)21-18-9-5-3-7-15(18)16-11-10-14(20)12-19(16)21/h2-12H,1H3. The van der Waals surface area contributed by atoms with Gasteiger partial charge in [-0.2, -0.15) is 0 Å². The Morgan fingerprint density at radius 1 is 0.762 bits per heavy atom. The minimum atomic E-state index is 1.10. The summed E-state index contributed by atoms with van der Waals surface area (Å²) < 4.78 is 3.46. The highest BCUT2D eigenvalue weighted by Crippen LogP contribution is 2.34. The number of aromatic nitrogens is 1. The molecule has 3 aromatic carbocycles. The van der Waals surface area contributed by atoms with Crippen molar-refractivity contribution in [2.45, 2.75) is 6.92 Å². The van der Waals surface area contributed by atoms with Gasteiger partial charge < -0.3 is 4.57 Å². The first kappa shape index (κ1) is 12.7. The molecule has 1 nitrogen and oxygen atoms in total. The molecular formula is C19H14BrN. The van der Waals surface area contributed by atoms with Crippen molar-refractivity contribution in [3.05, 3.63) is 76.8 Å². The summed E-state index contributed by atoms with van der Waals surface area (Å²) in [5.74, 6) is 0. The van der Waals surface area contributed by atoms with Gasteiger partial charge >= 0.3 is 0 Å². The van der Waals surface area contributed by atoms with Gasteiger partial charge in [0.15, 0.2) is 0 Å². The Morgan fingerprint density at radius 3 is 2.33 bits per heavy atom. The molecule has 4 rings (SSSR count). The fourth-order valence-electron chi connectivity index (χ4n) is 3.02. The molecule has 0 aliphatic heterocycles. The van der Waals surface area contributed by atoms with Crippen molar-refractivity contribution in [1.29, 1.82) is 0 Å². The Hall–Kier alpha value is -2.06. The van der Waals surface area contributed by atoms with Gasteiger partial charge in [0.25, 0.3) is 0 Å². The van der Waals surface area contributed by atoms with Gasteiger partial charge in [-0.3, -0.25) is 0 Å². The van der Waals surface area contributed by atoms with Crippen LogP contribution in [0.1, 0.15) is 5.56 Å². The third-order valence-corrected chi connectivity index (χ3v) is 4.49. The predicted octanol–water partition coefficient (Wildman–Crippen LogP) is 5.85. The van der Waals surface area contributed by atoms with Gasteiger partial charge in [-0.15, -0.1) is 0 Å². The van der Waals surface area contributed by atoms with E-state index in [0.29, 0.717) is 0 Å². The number of fused-ring (bicyclic) bond motifs is 3. The summed E-state index contributed by atoms with van der Waals surface area (Å²) >= 11 is 3.60. The van der Waals surface area contributed by atoms with Gasteiger partial charge in [-0.1, -0.05) is 58.4 Å². The van der Waals surface area contributed by atoms with E-state index in [4.69, 9.17) is 0 Å². The number of hydrogen-bond donors (Lipinski definition) is 0. The van der Waals surface area contributed by atoms with Crippen LogP contribution in [0.5, 0.6) is 0 Å². The molecule has 0 N–H and O–H groups in total. The molecule has 21 heavy (non-hydrogen) atoms. The molecule has 0 amide bonds. The van der Waals surface area contributed by atoms with Crippen LogP contribution in [0, 0.1) is 6.92 Å². The summed E-state index contributed by atoms with van der Waals surface area (Å²) in [6.07, 6.45) is 0. The molecule has 0 saturated carbocycles. The lowest BCUT2D eigenvalue weighted by molar-refractivity contribution is 1.15. The van der Waals surface area contributed by atoms with Crippen LogP contribution < -0.4 is 0 Å². The lowest BCUT2D eigenvalue weighted by Crippen LogP contribution is -1.96. The number of benzene rings is 3. The van der Waals surface area contributed by atoms with Crippen molar-refractivity contribution in [2.75, 3.05) is 0 Å². The second kappa shape index (κ2) is 4.74. The summed E-state index contributed by atoms with van der Waals surface area (Å²) in [5, 5.41) is 2.58. The van der Waals surface area contributed by atoms with Crippen LogP contribution in [0.2, 0.25) is 0 Å². The second-order valence-electron chi connectivity index (χ2n) is 5.30. The summed E-state index contributed by atoms with van der Waals surface area (Å²) in [6.45, 7) is 2.16. The van der Waals surface area contributed by atoms with E-state index >= 15 is 0 Å². The number of halogens is 1. The molecule has 0 spiro atoms. The molecule has 0 radical (unpaired) electrons. The first-order chi connectivity index (χ1) is 10.3. The Labute approximate surface area is 132 Å². The van der Waals surface area contributed by atoms with Gasteiger partial charge in [0.05, 0.1) is 11.0 Å². The predicted molar refractivity (Wildman–Crippen MR) is 93.2 cm³/mol. The van der Waals surface area contributed by atoms with Crippen LogP contribution >= 0.6 is 15.9 Å². The Kier molecular flexibility index (Phi) is 2.86. The molecule has 0 bridgehead atoms. The fourth-order valence-corrected chi connectivity index (χ4v) is 3.37. The number of para-hydroxylation sites is 2. The Morgan fingerprint density at radius 2 is 1.48 bits per heavy atom. The first-order valence-electron chi connectivity index (χ1n) is 7.00. The molecule has 4 aromatic rings. The van der Waals surface area contributed by atoms with Crippen LogP contribution in [0.4, 0.5) is 0 Å². The zero-order valence-corrected chi connectivity index (χ0v) is 13.3. The third kappa shape index (κ3) is 1.90. The van der Waals surface area contributed by atoms with Crippen molar-refractivity contribution in [3.63, 3.8) is 0 Å². The van der Waals surface area contributed by atoms with Crippen LogP contribution in [-0.2, 0) is 0 Å². The normalized spacial score (nSPS) is 11.3. The molecule has 2 heteroatoms. The summed E-state index contributed by atoms with van der Waals surface area (Å²) in [7, 11) is 0. The van der Waals surface area contributed by atoms with Crippen molar-refractivity contribution in [3.8, 4) is 5.69 Å². The SMILES string of the molecule is Cc1ccccc1-n1c2ccccc2c2ccc(Br)cc21. The number of rotatable bonds is 1. The maximum Gasteiger partial charge on any atom is 0.0552 e. The number of aryl methyl sites for hydroxylation is 1. The molecule has 102 valence electrons. The highest BCUT2D eigenvalue weighted by Gasteiger charge is 2.12.